The summed E-state index contributed by atoms with van der Waals surface area (Å²) in [7, 11) is 2.93. The molecule has 0 spiro atoms. The molecule has 2 aromatic heterocycles. The molecule has 0 bridgehead atoms. The van der Waals surface area contributed by atoms with Crippen LogP contribution >= 0.6 is 0 Å². The minimum atomic E-state index is -0.452. The number of rotatable bonds is 4. The molecule has 0 fully saturated rings. The van der Waals surface area contributed by atoms with Gasteiger partial charge in [-0.15, -0.1) is 0 Å². The normalized spacial score (nSPS) is 12.5. The average molecular weight is 317 g/mol. The lowest BCUT2D eigenvalue weighted by Crippen LogP contribution is -2.37. The van der Waals surface area contributed by atoms with E-state index in [1.807, 2.05) is 13.0 Å². The molecule has 1 N–H and O–H groups in total. The van der Waals surface area contributed by atoms with Crippen LogP contribution in [0.25, 0.3) is 6.08 Å². The van der Waals surface area contributed by atoms with Crippen LogP contribution in [-0.4, -0.2) is 15.0 Å². The van der Waals surface area contributed by atoms with Crippen molar-refractivity contribution in [2.45, 2.75) is 19.9 Å². The molecule has 0 aliphatic heterocycles. The Morgan fingerprint density at radius 3 is 2.61 bits per heavy atom. The number of hydrogen-bond acceptors (Lipinski definition) is 4. The first-order chi connectivity index (χ1) is 10.8. The van der Waals surface area contributed by atoms with Crippen LogP contribution in [0.5, 0.6) is 0 Å². The maximum absolute atomic E-state index is 12.0. The van der Waals surface area contributed by atoms with Gasteiger partial charge in [-0.25, -0.2) is 4.79 Å². The summed E-state index contributed by atoms with van der Waals surface area (Å²) in [5.74, 6) is 1.06. The molecule has 0 saturated heterocycles. The van der Waals surface area contributed by atoms with Crippen molar-refractivity contribution in [3.05, 3.63) is 62.3 Å². The van der Waals surface area contributed by atoms with Crippen molar-refractivity contribution in [1.29, 1.82) is 0 Å². The van der Waals surface area contributed by atoms with Gasteiger partial charge in [-0.05, 0) is 32.1 Å². The smallest absolute Gasteiger partial charge is 0.330 e. The first kappa shape index (κ1) is 16.5. The zero-order chi connectivity index (χ0) is 17.1. The van der Waals surface area contributed by atoms with Gasteiger partial charge in [0.1, 0.15) is 11.5 Å². The Kier molecular flexibility index (Phi) is 4.68. The molecular weight excluding hydrogens is 298 g/mol. The third-order valence-electron chi connectivity index (χ3n) is 3.43. The molecule has 2 rings (SSSR count). The van der Waals surface area contributed by atoms with Crippen molar-refractivity contribution in [3.8, 4) is 0 Å². The molecular formula is C16H19N3O4. The second-order valence-electron chi connectivity index (χ2n) is 5.35. The van der Waals surface area contributed by atoms with Gasteiger partial charge in [-0.3, -0.25) is 14.2 Å². The Hall–Kier alpha value is -2.83. The van der Waals surface area contributed by atoms with E-state index in [-0.39, 0.29) is 17.5 Å². The second-order valence-corrected chi connectivity index (χ2v) is 5.35. The number of amides is 1. The maximum Gasteiger partial charge on any atom is 0.330 e. The van der Waals surface area contributed by atoms with Crippen LogP contribution in [0.15, 0.2) is 38.4 Å². The summed E-state index contributed by atoms with van der Waals surface area (Å²) < 4.78 is 7.72. The molecule has 0 radical (unpaired) electrons. The molecule has 2 aromatic rings. The predicted octanol–water partition coefficient (Wildman–Crippen LogP) is 0.876. The highest BCUT2D eigenvalue weighted by molar-refractivity contribution is 5.91. The molecule has 1 unspecified atom stereocenters. The summed E-state index contributed by atoms with van der Waals surface area (Å²) in [5.41, 5.74) is -0.614. The minimum absolute atomic E-state index is 0.256. The van der Waals surface area contributed by atoms with Crippen LogP contribution in [0.1, 0.15) is 30.0 Å². The first-order valence-electron chi connectivity index (χ1n) is 7.11. The van der Waals surface area contributed by atoms with Crippen LogP contribution in [0.2, 0.25) is 0 Å². The van der Waals surface area contributed by atoms with Gasteiger partial charge in [-0.2, -0.15) is 0 Å². The summed E-state index contributed by atoms with van der Waals surface area (Å²) in [4.78, 5) is 35.5. The zero-order valence-electron chi connectivity index (χ0n) is 13.5. The third-order valence-corrected chi connectivity index (χ3v) is 3.43. The van der Waals surface area contributed by atoms with Crippen molar-refractivity contribution in [2.24, 2.45) is 14.1 Å². The van der Waals surface area contributed by atoms with Crippen molar-refractivity contribution >= 4 is 12.0 Å². The van der Waals surface area contributed by atoms with E-state index in [9.17, 15) is 14.4 Å². The lowest BCUT2D eigenvalue weighted by atomic mass is 10.2. The molecule has 0 aliphatic carbocycles. The van der Waals surface area contributed by atoms with Gasteiger partial charge >= 0.3 is 5.69 Å². The lowest BCUT2D eigenvalue weighted by Gasteiger charge is -2.09. The Balaban J connectivity index is 2.13. The van der Waals surface area contributed by atoms with E-state index in [1.54, 1.807) is 20.0 Å². The van der Waals surface area contributed by atoms with Crippen LogP contribution < -0.4 is 16.6 Å². The van der Waals surface area contributed by atoms with Gasteiger partial charge in [0.05, 0.1) is 11.6 Å². The summed E-state index contributed by atoms with van der Waals surface area (Å²) in [6, 6.07) is 3.33. The lowest BCUT2D eigenvalue weighted by molar-refractivity contribution is -0.117. The molecule has 122 valence electrons. The minimum Gasteiger partial charge on any atom is -0.464 e. The first-order valence-corrected chi connectivity index (χ1v) is 7.11. The highest BCUT2D eigenvalue weighted by atomic mass is 16.3. The number of carbonyl (C=O) groups excluding carboxylic acids is 1. The van der Waals surface area contributed by atoms with E-state index in [2.05, 4.69) is 5.32 Å². The average Bonchev–Trinajstić information content (AvgIpc) is 2.94. The van der Waals surface area contributed by atoms with Crippen molar-refractivity contribution < 1.29 is 9.21 Å². The van der Waals surface area contributed by atoms with Crippen molar-refractivity contribution in [3.63, 3.8) is 0 Å². The van der Waals surface area contributed by atoms with E-state index in [0.29, 0.717) is 5.76 Å². The largest absolute Gasteiger partial charge is 0.464 e. The number of carbonyl (C=O) groups is 1. The summed E-state index contributed by atoms with van der Waals surface area (Å²) >= 11 is 0. The molecule has 1 amide bonds. The molecule has 2 heterocycles. The van der Waals surface area contributed by atoms with Crippen molar-refractivity contribution in [1.82, 2.24) is 14.5 Å². The van der Waals surface area contributed by atoms with Crippen LogP contribution in [0, 0.1) is 6.92 Å². The fraction of sp³-hybridized carbons (Fsp3) is 0.312. The van der Waals surface area contributed by atoms with Crippen LogP contribution in [-0.2, 0) is 18.9 Å². The van der Waals surface area contributed by atoms with Gasteiger partial charge in [0, 0.05) is 26.4 Å². The Morgan fingerprint density at radius 2 is 2.00 bits per heavy atom. The molecule has 7 nitrogen and oxygen atoms in total. The molecule has 7 heteroatoms. The van der Waals surface area contributed by atoms with Gasteiger partial charge in [0.2, 0.25) is 5.91 Å². The fourth-order valence-electron chi connectivity index (χ4n) is 2.13. The van der Waals surface area contributed by atoms with E-state index in [4.69, 9.17) is 4.42 Å². The molecule has 1 atom stereocenters. The van der Waals surface area contributed by atoms with E-state index >= 15 is 0 Å². The summed E-state index contributed by atoms with van der Waals surface area (Å²) in [6.07, 6.45) is 4.04. The SMILES string of the molecule is Cc1ccc(C(C)NC(=O)/C=C/c2cn(C)c(=O)n(C)c2=O)o1. The van der Waals surface area contributed by atoms with E-state index in [0.717, 1.165) is 10.3 Å². The topological polar surface area (TPSA) is 86.2 Å². The Labute approximate surface area is 132 Å². The number of aryl methyl sites for hydroxylation is 2. The van der Waals surface area contributed by atoms with Gasteiger partial charge < -0.3 is 14.3 Å². The van der Waals surface area contributed by atoms with Crippen molar-refractivity contribution in [2.75, 3.05) is 0 Å². The number of nitrogens with one attached hydrogen (secondary N) is 1. The van der Waals surface area contributed by atoms with Gasteiger partial charge in [-0.1, -0.05) is 0 Å². The van der Waals surface area contributed by atoms with E-state index in [1.165, 1.54) is 30.0 Å². The number of furan rings is 1. The zero-order valence-corrected chi connectivity index (χ0v) is 13.5. The van der Waals surface area contributed by atoms with E-state index < -0.39 is 11.2 Å². The van der Waals surface area contributed by atoms with Gasteiger partial charge in [0.25, 0.3) is 5.56 Å². The van der Waals surface area contributed by atoms with Crippen LogP contribution in [0.3, 0.4) is 0 Å². The monoisotopic (exact) mass is 317 g/mol. The highest BCUT2D eigenvalue weighted by Crippen LogP contribution is 2.15. The number of nitrogens with zero attached hydrogens (tertiary/aromatic N) is 2. The Morgan fingerprint density at radius 1 is 1.30 bits per heavy atom. The standard InChI is InChI=1S/C16H19N3O4/c1-10-5-7-13(23-10)11(2)17-14(20)8-6-12-9-18(3)16(22)19(4)15(12)21/h5-9,11H,1-4H3,(H,17,20)/b8-6+. The maximum atomic E-state index is 12.0. The third kappa shape index (κ3) is 3.68. The summed E-state index contributed by atoms with van der Waals surface area (Å²) in [5, 5.41) is 2.74. The number of hydrogen-bond donors (Lipinski definition) is 1. The quantitative estimate of drug-likeness (QED) is 0.848. The predicted molar refractivity (Wildman–Crippen MR) is 86.0 cm³/mol. The molecule has 23 heavy (non-hydrogen) atoms. The molecule has 0 aliphatic rings. The molecule has 0 aromatic carbocycles. The Bertz CT molecular complexity index is 870. The number of aromatic nitrogens is 2. The highest BCUT2D eigenvalue weighted by Gasteiger charge is 2.11. The summed E-state index contributed by atoms with van der Waals surface area (Å²) in [6.45, 7) is 3.63. The van der Waals surface area contributed by atoms with Crippen LogP contribution in [0.4, 0.5) is 0 Å². The molecule has 0 saturated carbocycles. The van der Waals surface area contributed by atoms with Gasteiger partial charge in [0.15, 0.2) is 0 Å². The second kappa shape index (κ2) is 6.51. The fourth-order valence-corrected chi connectivity index (χ4v) is 2.13.